The van der Waals surface area contributed by atoms with Gasteiger partial charge in [-0.25, -0.2) is 0 Å². The summed E-state index contributed by atoms with van der Waals surface area (Å²) in [5.74, 6) is 0.531. The predicted octanol–water partition coefficient (Wildman–Crippen LogP) is 2.77. The average molecular weight is 300 g/mol. The Morgan fingerprint density at radius 3 is 2.90 bits per heavy atom. The van der Waals surface area contributed by atoms with Crippen LogP contribution in [0.2, 0.25) is 0 Å². The second kappa shape index (κ2) is 5.85. The molecule has 2 heterocycles. The summed E-state index contributed by atoms with van der Waals surface area (Å²) in [6.45, 7) is 3.73. The van der Waals surface area contributed by atoms with E-state index in [1.807, 2.05) is 6.07 Å². The first-order valence-corrected chi connectivity index (χ1v) is 7.30. The van der Waals surface area contributed by atoms with Crippen LogP contribution in [-0.2, 0) is 6.54 Å². The average Bonchev–Trinajstić information content (AvgIpc) is 2.79. The van der Waals surface area contributed by atoms with Gasteiger partial charge in [0.15, 0.2) is 0 Å². The number of halogens is 3. The Kier molecular flexibility index (Phi) is 4.08. The lowest BCUT2D eigenvalue weighted by Gasteiger charge is -2.24. The summed E-state index contributed by atoms with van der Waals surface area (Å²) in [4.78, 5) is 2.31. The highest BCUT2D eigenvalue weighted by Gasteiger charge is 2.34. The predicted molar refractivity (Wildman–Crippen MR) is 72.9 cm³/mol. The first-order valence-electron chi connectivity index (χ1n) is 7.30. The Balaban J connectivity index is 1.61. The van der Waals surface area contributed by atoms with E-state index in [-0.39, 0.29) is 5.75 Å². The SMILES string of the molecule is FC(F)(F)Oc1cccc(CN2CC3CCCNC3C2)c1. The zero-order valence-electron chi connectivity index (χ0n) is 11.7. The minimum absolute atomic E-state index is 0.144. The van der Waals surface area contributed by atoms with Gasteiger partial charge in [0.2, 0.25) is 0 Å². The summed E-state index contributed by atoms with van der Waals surface area (Å²) in [6, 6.07) is 6.80. The summed E-state index contributed by atoms with van der Waals surface area (Å²) < 4.78 is 40.7. The van der Waals surface area contributed by atoms with Crippen molar-refractivity contribution in [1.29, 1.82) is 0 Å². The summed E-state index contributed by atoms with van der Waals surface area (Å²) in [5, 5.41) is 3.52. The van der Waals surface area contributed by atoms with Crippen molar-refractivity contribution in [3.05, 3.63) is 29.8 Å². The molecule has 0 aliphatic carbocycles. The van der Waals surface area contributed by atoms with Gasteiger partial charge in [0.25, 0.3) is 0 Å². The maximum atomic E-state index is 12.2. The van der Waals surface area contributed by atoms with Crippen molar-refractivity contribution in [1.82, 2.24) is 10.2 Å². The van der Waals surface area contributed by atoms with Gasteiger partial charge in [0.1, 0.15) is 5.75 Å². The first-order chi connectivity index (χ1) is 9.99. The molecular formula is C15H19F3N2O. The molecule has 1 N–H and O–H groups in total. The van der Waals surface area contributed by atoms with E-state index in [0.29, 0.717) is 18.5 Å². The number of rotatable bonds is 3. The third-order valence-electron chi connectivity index (χ3n) is 4.21. The second-order valence-electron chi connectivity index (χ2n) is 5.85. The number of ether oxygens (including phenoxy) is 1. The van der Waals surface area contributed by atoms with Gasteiger partial charge in [-0.3, -0.25) is 4.90 Å². The van der Waals surface area contributed by atoms with Crippen molar-refractivity contribution in [3.63, 3.8) is 0 Å². The van der Waals surface area contributed by atoms with E-state index in [4.69, 9.17) is 0 Å². The molecule has 3 nitrogen and oxygen atoms in total. The molecular weight excluding hydrogens is 281 g/mol. The lowest BCUT2D eigenvalue weighted by atomic mass is 9.94. The number of hydrogen-bond acceptors (Lipinski definition) is 3. The summed E-state index contributed by atoms with van der Waals surface area (Å²) in [7, 11) is 0. The molecule has 0 bridgehead atoms. The van der Waals surface area contributed by atoms with Crippen molar-refractivity contribution < 1.29 is 17.9 Å². The first kappa shape index (κ1) is 14.7. The molecule has 2 aliphatic rings. The Hall–Kier alpha value is -1.27. The van der Waals surface area contributed by atoms with Crippen LogP contribution >= 0.6 is 0 Å². The molecule has 2 fully saturated rings. The zero-order valence-corrected chi connectivity index (χ0v) is 11.7. The van der Waals surface area contributed by atoms with Crippen LogP contribution in [0.25, 0.3) is 0 Å². The van der Waals surface area contributed by atoms with Gasteiger partial charge in [-0.1, -0.05) is 12.1 Å². The highest BCUT2D eigenvalue weighted by atomic mass is 19.4. The number of nitrogens with zero attached hydrogens (tertiary/aromatic N) is 1. The van der Waals surface area contributed by atoms with Gasteiger partial charge in [-0.2, -0.15) is 0 Å². The molecule has 0 spiro atoms. The Bertz CT molecular complexity index is 478. The smallest absolute Gasteiger partial charge is 0.406 e. The van der Waals surface area contributed by atoms with Gasteiger partial charge in [-0.15, -0.1) is 13.2 Å². The van der Waals surface area contributed by atoms with Crippen molar-refractivity contribution >= 4 is 0 Å². The molecule has 3 rings (SSSR count). The van der Waals surface area contributed by atoms with E-state index >= 15 is 0 Å². The Labute approximate surface area is 122 Å². The molecule has 1 aromatic carbocycles. The number of hydrogen-bond donors (Lipinski definition) is 1. The van der Waals surface area contributed by atoms with E-state index in [0.717, 1.165) is 25.2 Å². The standard InChI is InChI=1S/C15H19F3N2O/c16-15(17,18)21-13-5-1-3-11(7-13)8-20-9-12-4-2-6-19-14(12)10-20/h1,3,5,7,12,14,19H,2,4,6,8-10H2. The van der Waals surface area contributed by atoms with Gasteiger partial charge in [-0.05, 0) is 43.0 Å². The number of piperidine rings is 1. The fourth-order valence-corrected chi connectivity index (χ4v) is 3.36. The number of benzene rings is 1. The molecule has 0 radical (unpaired) electrons. The van der Waals surface area contributed by atoms with Crippen LogP contribution in [0.4, 0.5) is 13.2 Å². The summed E-state index contributed by atoms with van der Waals surface area (Å²) in [6.07, 6.45) is -2.18. The van der Waals surface area contributed by atoms with Gasteiger partial charge >= 0.3 is 6.36 Å². The van der Waals surface area contributed by atoms with Crippen LogP contribution in [0.1, 0.15) is 18.4 Å². The minimum atomic E-state index is -4.63. The molecule has 2 atom stereocenters. The largest absolute Gasteiger partial charge is 0.573 e. The highest BCUT2D eigenvalue weighted by Crippen LogP contribution is 2.27. The van der Waals surface area contributed by atoms with E-state index in [2.05, 4.69) is 15.0 Å². The van der Waals surface area contributed by atoms with E-state index in [9.17, 15) is 13.2 Å². The fourth-order valence-electron chi connectivity index (χ4n) is 3.36. The molecule has 21 heavy (non-hydrogen) atoms. The number of alkyl halides is 3. The van der Waals surface area contributed by atoms with Crippen LogP contribution in [0.3, 0.4) is 0 Å². The van der Waals surface area contributed by atoms with E-state index < -0.39 is 6.36 Å². The molecule has 0 amide bonds. The highest BCUT2D eigenvalue weighted by molar-refractivity contribution is 5.28. The quantitative estimate of drug-likeness (QED) is 0.929. The van der Waals surface area contributed by atoms with Crippen LogP contribution in [0, 0.1) is 5.92 Å². The Morgan fingerprint density at radius 1 is 1.29 bits per heavy atom. The van der Waals surface area contributed by atoms with Crippen LogP contribution in [-0.4, -0.2) is 36.9 Å². The number of fused-ring (bicyclic) bond motifs is 1. The van der Waals surface area contributed by atoms with Crippen LogP contribution < -0.4 is 10.1 Å². The molecule has 1 aromatic rings. The van der Waals surface area contributed by atoms with Crippen molar-refractivity contribution in [2.75, 3.05) is 19.6 Å². The normalized spacial score (nSPS) is 26.6. The molecule has 6 heteroatoms. The minimum Gasteiger partial charge on any atom is -0.406 e. The second-order valence-corrected chi connectivity index (χ2v) is 5.85. The lowest BCUT2D eigenvalue weighted by molar-refractivity contribution is -0.274. The van der Waals surface area contributed by atoms with Crippen molar-refractivity contribution in [2.45, 2.75) is 31.8 Å². The lowest BCUT2D eigenvalue weighted by Crippen LogP contribution is -2.40. The number of nitrogens with one attached hydrogen (secondary N) is 1. The maximum Gasteiger partial charge on any atom is 0.573 e. The van der Waals surface area contributed by atoms with Gasteiger partial charge in [0.05, 0.1) is 0 Å². The zero-order chi connectivity index (χ0) is 14.9. The Morgan fingerprint density at radius 2 is 2.14 bits per heavy atom. The third-order valence-corrected chi connectivity index (χ3v) is 4.21. The molecule has 0 aromatic heterocycles. The maximum absolute atomic E-state index is 12.2. The molecule has 0 saturated carbocycles. The number of likely N-dealkylation sites (tertiary alicyclic amines) is 1. The van der Waals surface area contributed by atoms with E-state index in [1.165, 1.54) is 25.0 Å². The molecule has 2 aliphatic heterocycles. The topological polar surface area (TPSA) is 24.5 Å². The fraction of sp³-hybridized carbons (Fsp3) is 0.600. The summed E-state index contributed by atoms with van der Waals surface area (Å²) >= 11 is 0. The molecule has 2 saturated heterocycles. The molecule has 116 valence electrons. The van der Waals surface area contributed by atoms with Crippen LogP contribution in [0.5, 0.6) is 5.75 Å². The third kappa shape index (κ3) is 3.89. The van der Waals surface area contributed by atoms with Crippen molar-refractivity contribution in [2.24, 2.45) is 5.92 Å². The van der Waals surface area contributed by atoms with E-state index in [1.54, 1.807) is 6.07 Å². The molecule has 2 unspecified atom stereocenters. The monoisotopic (exact) mass is 300 g/mol. The van der Waals surface area contributed by atoms with Gasteiger partial charge in [0, 0.05) is 25.7 Å². The van der Waals surface area contributed by atoms with Gasteiger partial charge < -0.3 is 10.1 Å². The van der Waals surface area contributed by atoms with Crippen molar-refractivity contribution in [3.8, 4) is 5.75 Å². The van der Waals surface area contributed by atoms with Crippen LogP contribution in [0.15, 0.2) is 24.3 Å². The summed E-state index contributed by atoms with van der Waals surface area (Å²) in [5.41, 5.74) is 0.857.